The Morgan fingerprint density at radius 2 is 1.93 bits per heavy atom. The number of amides is 2. The zero-order valence-electron chi connectivity index (χ0n) is 15.4. The molecule has 0 radical (unpaired) electrons. The predicted octanol–water partition coefficient (Wildman–Crippen LogP) is 3.05. The van der Waals surface area contributed by atoms with Crippen molar-refractivity contribution in [3.05, 3.63) is 71.4 Å². The van der Waals surface area contributed by atoms with Crippen LogP contribution in [0.25, 0.3) is 5.70 Å². The number of likely N-dealkylation sites (N-methyl/N-ethyl adjacent to an activating group) is 1. The first-order chi connectivity index (χ1) is 13.2. The summed E-state index contributed by atoms with van der Waals surface area (Å²) >= 11 is 1.47. The molecule has 2 heterocycles. The Labute approximate surface area is 164 Å². The van der Waals surface area contributed by atoms with E-state index in [9.17, 15) is 9.59 Å². The number of hydrogen-bond acceptors (Lipinski definition) is 4. The number of carbonyl (C=O) groups is 2. The van der Waals surface area contributed by atoms with Gasteiger partial charge >= 0.3 is 0 Å². The maximum absolute atomic E-state index is 12.9. The highest BCUT2D eigenvalue weighted by atomic mass is 32.2. The minimum Gasteiger partial charge on any atom is -0.341 e. The van der Waals surface area contributed by atoms with Gasteiger partial charge in [-0.25, -0.2) is 0 Å². The third kappa shape index (κ3) is 4.98. The minimum absolute atomic E-state index is 0.0279. The molecule has 5 nitrogen and oxygen atoms in total. The average Bonchev–Trinajstić information content (AvgIpc) is 2.71. The Morgan fingerprint density at radius 3 is 2.63 bits per heavy atom. The van der Waals surface area contributed by atoms with E-state index in [-0.39, 0.29) is 18.4 Å². The molecule has 1 aromatic heterocycles. The summed E-state index contributed by atoms with van der Waals surface area (Å²) in [6.45, 7) is 3.28. The van der Waals surface area contributed by atoms with Crippen LogP contribution in [0.4, 0.5) is 0 Å². The normalized spacial score (nSPS) is 14.0. The van der Waals surface area contributed by atoms with Crippen molar-refractivity contribution in [3.63, 3.8) is 0 Å². The quantitative estimate of drug-likeness (QED) is 0.740. The van der Waals surface area contributed by atoms with Crippen molar-refractivity contribution in [3.8, 4) is 0 Å². The van der Waals surface area contributed by atoms with Crippen molar-refractivity contribution in [1.29, 1.82) is 0 Å². The zero-order valence-corrected chi connectivity index (χ0v) is 16.2. The molecule has 1 aliphatic heterocycles. The van der Waals surface area contributed by atoms with E-state index in [4.69, 9.17) is 0 Å². The molecule has 3 rings (SSSR count). The van der Waals surface area contributed by atoms with Crippen molar-refractivity contribution < 1.29 is 9.59 Å². The molecule has 6 heteroatoms. The molecule has 2 aromatic rings. The summed E-state index contributed by atoms with van der Waals surface area (Å²) in [5, 5.41) is 1.97. The highest BCUT2D eigenvalue weighted by molar-refractivity contribution is 8.03. The Bertz CT molecular complexity index is 809. The monoisotopic (exact) mass is 381 g/mol. The molecule has 1 aliphatic rings. The van der Waals surface area contributed by atoms with Gasteiger partial charge in [0.25, 0.3) is 0 Å². The van der Waals surface area contributed by atoms with Crippen LogP contribution in [0.15, 0.2) is 60.3 Å². The van der Waals surface area contributed by atoms with Gasteiger partial charge in [0.05, 0.1) is 11.4 Å². The van der Waals surface area contributed by atoms with E-state index in [2.05, 4.69) is 4.98 Å². The van der Waals surface area contributed by atoms with Crippen molar-refractivity contribution >= 4 is 29.3 Å². The third-order valence-electron chi connectivity index (χ3n) is 4.51. The highest BCUT2D eigenvalue weighted by Gasteiger charge is 2.27. The van der Waals surface area contributed by atoms with Crippen LogP contribution in [0.5, 0.6) is 0 Å². The SMILES string of the molecule is CCN(CCc1ccncc1)C(=O)CN1C(=O)CSC=C1c1ccccc1. The Kier molecular flexibility index (Phi) is 6.65. The lowest BCUT2D eigenvalue weighted by molar-refractivity contribution is -0.136. The number of pyridine rings is 1. The number of hydrogen-bond donors (Lipinski definition) is 0. The summed E-state index contributed by atoms with van der Waals surface area (Å²) < 4.78 is 0. The second-order valence-electron chi connectivity index (χ2n) is 6.24. The molecule has 1 aromatic carbocycles. The molecule has 0 bridgehead atoms. The van der Waals surface area contributed by atoms with Gasteiger partial charge in [0.15, 0.2) is 0 Å². The van der Waals surface area contributed by atoms with E-state index in [1.54, 1.807) is 22.2 Å². The fourth-order valence-corrected chi connectivity index (χ4v) is 3.78. The number of benzene rings is 1. The van der Waals surface area contributed by atoms with Crippen molar-refractivity contribution in [2.75, 3.05) is 25.4 Å². The van der Waals surface area contributed by atoms with Crippen LogP contribution in [-0.4, -0.2) is 52.0 Å². The number of carbonyl (C=O) groups excluding carboxylic acids is 2. The Hall–Kier alpha value is -2.60. The fraction of sp³-hybridized carbons (Fsp3) is 0.286. The molecular formula is C21H23N3O2S. The maximum atomic E-state index is 12.9. The van der Waals surface area contributed by atoms with Crippen LogP contribution in [0, 0.1) is 0 Å². The first-order valence-corrected chi connectivity index (χ1v) is 10.1. The smallest absolute Gasteiger partial charge is 0.242 e. The second kappa shape index (κ2) is 9.37. The van der Waals surface area contributed by atoms with E-state index < -0.39 is 0 Å². The van der Waals surface area contributed by atoms with Gasteiger partial charge in [-0.3, -0.25) is 14.6 Å². The van der Waals surface area contributed by atoms with Crippen LogP contribution < -0.4 is 0 Å². The number of aromatic nitrogens is 1. The highest BCUT2D eigenvalue weighted by Crippen LogP contribution is 2.28. The molecule has 27 heavy (non-hydrogen) atoms. The van der Waals surface area contributed by atoms with E-state index in [0.29, 0.717) is 18.8 Å². The molecule has 0 fully saturated rings. The molecule has 0 unspecified atom stereocenters. The molecule has 0 atom stereocenters. The molecule has 0 saturated carbocycles. The molecule has 140 valence electrons. The minimum atomic E-state index is -0.0337. The van der Waals surface area contributed by atoms with Gasteiger partial charge in [0.2, 0.25) is 11.8 Å². The summed E-state index contributed by atoms with van der Waals surface area (Å²) in [7, 11) is 0. The van der Waals surface area contributed by atoms with Crippen molar-refractivity contribution in [2.45, 2.75) is 13.3 Å². The van der Waals surface area contributed by atoms with Crippen molar-refractivity contribution in [2.24, 2.45) is 0 Å². The number of thioether (sulfide) groups is 1. The van der Waals surface area contributed by atoms with Gasteiger partial charge in [-0.15, -0.1) is 11.8 Å². The predicted molar refractivity (Wildman–Crippen MR) is 109 cm³/mol. The van der Waals surface area contributed by atoms with Crippen LogP contribution >= 0.6 is 11.8 Å². The van der Waals surface area contributed by atoms with Crippen LogP contribution in [0.3, 0.4) is 0 Å². The number of rotatable bonds is 7. The van der Waals surface area contributed by atoms with E-state index in [1.165, 1.54) is 11.8 Å². The van der Waals surface area contributed by atoms with E-state index >= 15 is 0 Å². The van der Waals surface area contributed by atoms with Crippen LogP contribution in [0.2, 0.25) is 0 Å². The Balaban J connectivity index is 1.69. The lowest BCUT2D eigenvalue weighted by Gasteiger charge is -2.30. The molecule has 2 amide bonds. The average molecular weight is 382 g/mol. The van der Waals surface area contributed by atoms with Gasteiger partial charge in [-0.1, -0.05) is 30.3 Å². The first-order valence-electron chi connectivity index (χ1n) is 9.03. The zero-order chi connectivity index (χ0) is 19.1. The van der Waals surface area contributed by atoms with E-state index in [1.807, 2.05) is 54.8 Å². The summed E-state index contributed by atoms with van der Waals surface area (Å²) in [4.78, 5) is 32.8. The van der Waals surface area contributed by atoms with E-state index in [0.717, 1.165) is 23.2 Å². The second-order valence-corrected chi connectivity index (χ2v) is 7.10. The van der Waals surface area contributed by atoms with Gasteiger partial charge in [-0.2, -0.15) is 0 Å². The molecule has 0 spiro atoms. The van der Waals surface area contributed by atoms with Gasteiger partial charge in [0, 0.05) is 25.5 Å². The van der Waals surface area contributed by atoms with Crippen LogP contribution in [-0.2, 0) is 16.0 Å². The van der Waals surface area contributed by atoms with Crippen molar-refractivity contribution in [1.82, 2.24) is 14.8 Å². The molecule has 0 N–H and O–H groups in total. The molecule has 0 aliphatic carbocycles. The Morgan fingerprint density at radius 1 is 1.19 bits per heavy atom. The third-order valence-corrected chi connectivity index (χ3v) is 5.31. The summed E-state index contributed by atoms with van der Waals surface area (Å²) in [6, 6.07) is 13.7. The standard InChI is InChI=1S/C21H23N3O2S/c1-2-23(13-10-17-8-11-22-12-9-17)20(25)14-24-19(15-27-16-21(24)26)18-6-4-3-5-7-18/h3-9,11-12,15H,2,10,13-14,16H2,1H3. The van der Waals surface area contributed by atoms with Gasteiger partial charge in [-0.05, 0) is 42.0 Å². The molecule has 0 saturated heterocycles. The van der Waals surface area contributed by atoms with Gasteiger partial charge in [0.1, 0.15) is 6.54 Å². The summed E-state index contributed by atoms with van der Waals surface area (Å²) in [5.41, 5.74) is 2.90. The maximum Gasteiger partial charge on any atom is 0.242 e. The lowest BCUT2D eigenvalue weighted by Crippen LogP contribution is -2.44. The summed E-state index contributed by atoms with van der Waals surface area (Å²) in [5.74, 6) is 0.306. The first kappa shape index (κ1) is 19.2. The topological polar surface area (TPSA) is 53.5 Å². The largest absolute Gasteiger partial charge is 0.341 e. The lowest BCUT2D eigenvalue weighted by atomic mass is 10.1. The fourth-order valence-electron chi connectivity index (χ4n) is 2.98. The van der Waals surface area contributed by atoms with Crippen LogP contribution in [0.1, 0.15) is 18.1 Å². The van der Waals surface area contributed by atoms with Gasteiger partial charge < -0.3 is 9.80 Å². The summed E-state index contributed by atoms with van der Waals surface area (Å²) in [6.07, 6.45) is 4.29. The molecular weight excluding hydrogens is 358 g/mol. The number of nitrogens with zero attached hydrogens (tertiary/aromatic N) is 3.